The van der Waals surface area contributed by atoms with Crippen molar-refractivity contribution in [2.45, 2.75) is 6.10 Å². The molecule has 0 spiro atoms. The number of amides is 1. The summed E-state index contributed by atoms with van der Waals surface area (Å²) in [4.78, 5) is 28.4. The van der Waals surface area contributed by atoms with Crippen molar-refractivity contribution < 1.29 is 23.8 Å². The predicted octanol–water partition coefficient (Wildman–Crippen LogP) is 2.35. The Bertz CT molecular complexity index is 1020. The average Bonchev–Trinajstić information content (AvgIpc) is 2.75. The van der Waals surface area contributed by atoms with Crippen LogP contribution in [-0.2, 0) is 9.53 Å². The molecule has 1 atom stereocenters. The Morgan fingerprint density at radius 2 is 1.82 bits per heavy atom. The number of hydrogen-bond acceptors (Lipinski definition) is 6. The first-order valence-electron chi connectivity index (χ1n) is 8.87. The van der Waals surface area contributed by atoms with Gasteiger partial charge in [-0.1, -0.05) is 36.4 Å². The van der Waals surface area contributed by atoms with Crippen LogP contribution in [0.25, 0.3) is 10.9 Å². The lowest BCUT2D eigenvalue weighted by molar-refractivity contribution is -0.124. The number of esters is 1. The molecule has 0 saturated carbocycles. The number of rotatable bonds is 5. The highest BCUT2D eigenvalue weighted by molar-refractivity contribution is 5.92. The van der Waals surface area contributed by atoms with E-state index in [1.807, 2.05) is 48.5 Å². The molecule has 7 heteroatoms. The van der Waals surface area contributed by atoms with Crippen molar-refractivity contribution in [3.8, 4) is 11.5 Å². The highest BCUT2D eigenvalue weighted by atomic mass is 16.6. The van der Waals surface area contributed by atoms with Crippen LogP contribution in [0.4, 0.5) is 0 Å². The van der Waals surface area contributed by atoms with Gasteiger partial charge in [0.15, 0.2) is 18.1 Å². The molecule has 0 saturated heterocycles. The lowest BCUT2D eigenvalue weighted by Gasteiger charge is -2.26. The molecule has 2 aromatic carbocycles. The molecule has 0 unspecified atom stereocenters. The van der Waals surface area contributed by atoms with Gasteiger partial charge in [-0.25, -0.2) is 9.78 Å². The largest absolute Gasteiger partial charge is 0.486 e. The van der Waals surface area contributed by atoms with Crippen LogP contribution < -0.4 is 14.8 Å². The van der Waals surface area contributed by atoms with Gasteiger partial charge in [0.05, 0.1) is 12.1 Å². The summed E-state index contributed by atoms with van der Waals surface area (Å²) < 4.78 is 16.4. The van der Waals surface area contributed by atoms with Crippen molar-refractivity contribution in [3.05, 3.63) is 66.4 Å². The molecule has 1 N–H and O–H groups in total. The summed E-state index contributed by atoms with van der Waals surface area (Å²) >= 11 is 0. The van der Waals surface area contributed by atoms with Gasteiger partial charge in [0.25, 0.3) is 5.91 Å². The summed E-state index contributed by atoms with van der Waals surface area (Å²) in [6.07, 6.45) is -0.309. The molecule has 28 heavy (non-hydrogen) atoms. The van der Waals surface area contributed by atoms with E-state index >= 15 is 0 Å². The fourth-order valence-corrected chi connectivity index (χ4v) is 2.83. The number of para-hydroxylation sites is 3. The van der Waals surface area contributed by atoms with Crippen LogP contribution in [0.1, 0.15) is 10.5 Å². The summed E-state index contributed by atoms with van der Waals surface area (Å²) in [5.74, 6) is 0.257. The summed E-state index contributed by atoms with van der Waals surface area (Å²) in [6.45, 7) is 0.189. The maximum absolute atomic E-state index is 12.1. The minimum Gasteiger partial charge on any atom is -0.486 e. The van der Waals surface area contributed by atoms with E-state index in [4.69, 9.17) is 14.2 Å². The second-order valence-corrected chi connectivity index (χ2v) is 6.27. The Labute approximate surface area is 161 Å². The highest BCUT2D eigenvalue weighted by Gasteiger charge is 2.21. The molecule has 142 valence electrons. The van der Waals surface area contributed by atoms with E-state index in [0.29, 0.717) is 23.6 Å². The maximum Gasteiger partial charge on any atom is 0.357 e. The summed E-state index contributed by atoms with van der Waals surface area (Å²) in [6, 6.07) is 18.2. The molecular formula is C21H18N2O5. The van der Waals surface area contributed by atoms with Gasteiger partial charge < -0.3 is 19.5 Å². The van der Waals surface area contributed by atoms with Gasteiger partial charge in [0.2, 0.25) is 0 Å². The molecule has 0 radical (unpaired) electrons. The smallest absolute Gasteiger partial charge is 0.357 e. The normalized spacial score (nSPS) is 15.1. The third kappa shape index (κ3) is 4.03. The minimum atomic E-state index is -0.646. The van der Waals surface area contributed by atoms with Crippen LogP contribution in [-0.4, -0.2) is 42.7 Å². The van der Waals surface area contributed by atoms with E-state index in [1.54, 1.807) is 12.1 Å². The van der Waals surface area contributed by atoms with Gasteiger partial charge in [0.1, 0.15) is 18.4 Å². The fourth-order valence-electron chi connectivity index (χ4n) is 2.83. The standard InChI is InChI=1S/C21H18N2O5/c24-20(22-11-15-12-26-18-7-3-4-8-19(18)28-15)13-27-21(25)17-10-9-14-5-1-2-6-16(14)23-17/h1-10,15H,11-13H2,(H,22,24)/t15-/m0/s1. The van der Waals surface area contributed by atoms with Crippen LogP contribution in [0, 0.1) is 0 Å². The highest BCUT2D eigenvalue weighted by Crippen LogP contribution is 2.30. The first kappa shape index (κ1) is 17.8. The van der Waals surface area contributed by atoms with Crippen molar-refractivity contribution in [2.24, 2.45) is 0 Å². The quantitative estimate of drug-likeness (QED) is 0.686. The topological polar surface area (TPSA) is 86.8 Å². The molecule has 1 aliphatic heterocycles. The number of nitrogens with one attached hydrogen (secondary N) is 1. The number of hydrogen-bond donors (Lipinski definition) is 1. The third-order valence-electron chi connectivity index (χ3n) is 4.24. The molecule has 1 aromatic heterocycles. The number of ether oxygens (including phenoxy) is 3. The number of benzene rings is 2. The van der Waals surface area contributed by atoms with Crippen LogP contribution in [0.3, 0.4) is 0 Å². The monoisotopic (exact) mass is 378 g/mol. The molecule has 0 bridgehead atoms. The Morgan fingerprint density at radius 1 is 1.04 bits per heavy atom. The molecule has 1 aliphatic rings. The Morgan fingerprint density at radius 3 is 2.71 bits per heavy atom. The number of fused-ring (bicyclic) bond motifs is 2. The summed E-state index contributed by atoms with van der Waals surface area (Å²) in [5, 5.41) is 3.60. The van der Waals surface area contributed by atoms with E-state index in [9.17, 15) is 9.59 Å². The van der Waals surface area contributed by atoms with Crippen molar-refractivity contribution in [3.63, 3.8) is 0 Å². The zero-order valence-electron chi connectivity index (χ0n) is 15.0. The van der Waals surface area contributed by atoms with Crippen LogP contribution in [0.2, 0.25) is 0 Å². The van der Waals surface area contributed by atoms with E-state index in [0.717, 1.165) is 5.39 Å². The van der Waals surface area contributed by atoms with Crippen molar-refractivity contribution in [1.29, 1.82) is 0 Å². The van der Waals surface area contributed by atoms with Crippen LogP contribution in [0.15, 0.2) is 60.7 Å². The number of nitrogens with zero attached hydrogens (tertiary/aromatic N) is 1. The van der Waals surface area contributed by atoms with E-state index < -0.39 is 18.5 Å². The van der Waals surface area contributed by atoms with E-state index in [2.05, 4.69) is 10.3 Å². The minimum absolute atomic E-state index is 0.159. The van der Waals surface area contributed by atoms with E-state index in [1.165, 1.54) is 0 Å². The average molecular weight is 378 g/mol. The second-order valence-electron chi connectivity index (χ2n) is 6.27. The Balaban J connectivity index is 1.25. The number of carbonyl (C=O) groups is 2. The van der Waals surface area contributed by atoms with Crippen molar-refractivity contribution in [2.75, 3.05) is 19.8 Å². The van der Waals surface area contributed by atoms with Gasteiger partial charge in [-0.3, -0.25) is 4.79 Å². The van der Waals surface area contributed by atoms with Crippen molar-refractivity contribution in [1.82, 2.24) is 10.3 Å². The second kappa shape index (κ2) is 7.96. The molecule has 1 amide bonds. The molecule has 7 nitrogen and oxygen atoms in total. The molecule has 0 fully saturated rings. The maximum atomic E-state index is 12.1. The molecule has 0 aliphatic carbocycles. The van der Waals surface area contributed by atoms with Gasteiger partial charge >= 0.3 is 5.97 Å². The molecular weight excluding hydrogens is 360 g/mol. The number of aromatic nitrogens is 1. The molecule has 3 aromatic rings. The fraction of sp³-hybridized carbons (Fsp3) is 0.190. The number of pyridine rings is 1. The van der Waals surface area contributed by atoms with Crippen LogP contribution >= 0.6 is 0 Å². The van der Waals surface area contributed by atoms with Gasteiger partial charge in [-0.05, 0) is 24.3 Å². The van der Waals surface area contributed by atoms with E-state index in [-0.39, 0.29) is 18.3 Å². The van der Waals surface area contributed by atoms with Crippen molar-refractivity contribution >= 4 is 22.8 Å². The SMILES string of the molecule is O=C(COC(=O)c1ccc2ccccc2n1)NC[C@H]1COc2ccccc2O1. The Kier molecular flexibility index (Phi) is 5.05. The Hall–Kier alpha value is -3.61. The first-order chi connectivity index (χ1) is 13.7. The lowest BCUT2D eigenvalue weighted by Crippen LogP contribution is -2.42. The summed E-state index contributed by atoms with van der Waals surface area (Å²) in [5.41, 5.74) is 0.850. The number of carbonyl (C=O) groups excluding carboxylic acids is 2. The summed E-state index contributed by atoms with van der Waals surface area (Å²) in [7, 11) is 0. The third-order valence-corrected chi connectivity index (χ3v) is 4.24. The zero-order valence-corrected chi connectivity index (χ0v) is 15.0. The molecule has 4 rings (SSSR count). The lowest BCUT2D eigenvalue weighted by atomic mass is 10.2. The van der Waals surface area contributed by atoms with Crippen LogP contribution in [0.5, 0.6) is 11.5 Å². The van der Waals surface area contributed by atoms with Gasteiger partial charge in [-0.2, -0.15) is 0 Å². The van der Waals surface area contributed by atoms with Gasteiger partial charge in [0, 0.05) is 5.39 Å². The zero-order chi connectivity index (χ0) is 19.3. The predicted molar refractivity (Wildman–Crippen MR) is 101 cm³/mol. The first-order valence-corrected chi connectivity index (χ1v) is 8.87. The van der Waals surface area contributed by atoms with Gasteiger partial charge in [-0.15, -0.1) is 0 Å². The molecule has 2 heterocycles.